The van der Waals surface area contributed by atoms with Crippen molar-refractivity contribution in [1.82, 2.24) is 4.57 Å². The molecule has 0 fully saturated rings. The van der Waals surface area contributed by atoms with Gasteiger partial charge in [-0.3, -0.25) is 19.0 Å². The third kappa shape index (κ3) is 3.21. The SMILES string of the molecule is Cn1c(=O)c(=O)/c(=N/N=P(c2ccccc2)(c2ccccc2)c2ccccc2)c1=O. The zero-order chi connectivity index (χ0) is 21.1. The molecule has 0 aliphatic rings. The van der Waals surface area contributed by atoms with Crippen LogP contribution in [0.1, 0.15) is 0 Å². The van der Waals surface area contributed by atoms with Gasteiger partial charge >= 0.3 is 5.56 Å². The van der Waals surface area contributed by atoms with Gasteiger partial charge in [0.2, 0.25) is 5.36 Å². The molecule has 30 heavy (non-hydrogen) atoms. The fourth-order valence-electron chi connectivity index (χ4n) is 3.34. The highest BCUT2D eigenvalue weighted by atomic mass is 31.2. The molecule has 0 unspecified atom stereocenters. The van der Waals surface area contributed by atoms with Crippen molar-refractivity contribution in [2.45, 2.75) is 0 Å². The highest BCUT2D eigenvalue weighted by Gasteiger charge is 2.27. The van der Waals surface area contributed by atoms with E-state index in [1.807, 2.05) is 91.0 Å². The molecule has 0 aliphatic heterocycles. The van der Waals surface area contributed by atoms with Crippen molar-refractivity contribution in [3.05, 3.63) is 127 Å². The molecule has 0 radical (unpaired) electrons. The van der Waals surface area contributed by atoms with Crippen molar-refractivity contribution in [1.29, 1.82) is 0 Å². The Labute approximate surface area is 172 Å². The second-order valence-electron chi connectivity index (χ2n) is 6.68. The first-order valence-electron chi connectivity index (χ1n) is 9.28. The van der Waals surface area contributed by atoms with Crippen LogP contribution in [0.25, 0.3) is 0 Å². The lowest BCUT2D eigenvalue weighted by atomic mass is 10.4. The van der Waals surface area contributed by atoms with Gasteiger partial charge in [0.1, 0.15) is 0 Å². The van der Waals surface area contributed by atoms with Crippen LogP contribution in [0.3, 0.4) is 0 Å². The summed E-state index contributed by atoms with van der Waals surface area (Å²) in [4.78, 5) is 41.2. The first-order valence-corrected chi connectivity index (χ1v) is 11.0. The summed E-state index contributed by atoms with van der Waals surface area (Å²) in [6.45, 7) is 0. The van der Waals surface area contributed by atoms with E-state index in [2.05, 4.69) is 5.10 Å². The molecule has 0 saturated carbocycles. The molecule has 0 N–H and O–H groups in total. The van der Waals surface area contributed by atoms with Gasteiger partial charge in [-0.15, -0.1) is 5.10 Å². The lowest BCUT2D eigenvalue weighted by Crippen LogP contribution is -2.36. The largest absolute Gasteiger partial charge is 0.303 e. The molecule has 148 valence electrons. The Bertz CT molecular complexity index is 1350. The fourth-order valence-corrected chi connectivity index (χ4v) is 6.57. The van der Waals surface area contributed by atoms with Gasteiger partial charge in [0.15, 0.2) is 0 Å². The zero-order valence-electron chi connectivity index (χ0n) is 16.2. The van der Waals surface area contributed by atoms with E-state index in [0.717, 1.165) is 20.5 Å². The summed E-state index contributed by atoms with van der Waals surface area (Å²) in [5, 5.41) is 6.43. The molecule has 0 amide bonds. The average Bonchev–Trinajstić information content (AvgIpc) is 2.99. The number of rotatable bonds is 4. The van der Waals surface area contributed by atoms with Crippen LogP contribution in [-0.2, 0) is 7.05 Å². The van der Waals surface area contributed by atoms with Crippen LogP contribution < -0.4 is 37.8 Å². The molecule has 1 heterocycles. The van der Waals surface area contributed by atoms with E-state index in [4.69, 9.17) is 4.85 Å². The van der Waals surface area contributed by atoms with Crippen LogP contribution in [-0.4, -0.2) is 4.57 Å². The van der Waals surface area contributed by atoms with Crippen LogP contribution >= 0.6 is 7.05 Å². The molecule has 0 saturated heterocycles. The third-order valence-corrected chi connectivity index (χ3v) is 8.38. The maximum atomic E-state index is 12.4. The second-order valence-corrected chi connectivity index (χ2v) is 9.68. The van der Waals surface area contributed by atoms with E-state index in [1.54, 1.807) is 0 Å². The topological polar surface area (TPSA) is 80.9 Å². The predicted octanol–water partition coefficient (Wildman–Crippen LogP) is 0.975. The first-order chi connectivity index (χ1) is 14.6. The molecule has 4 rings (SSSR count). The van der Waals surface area contributed by atoms with Gasteiger partial charge in [-0.25, -0.2) is 0 Å². The molecule has 4 aromatic rings. The first kappa shape index (κ1) is 19.7. The molecular formula is C23H18N3O3P. The van der Waals surface area contributed by atoms with E-state index >= 15 is 0 Å². The summed E-state index contributed by atoms with van der Waals surface area (Å²) in [6, 6.07) is 29.0. The highest BCUT2D eigenvalue weighted by molar-refractivity contribution is 7.87. The molecular weight excluding hydrogens is 397 g/mol. The molecule has 1 aromatic heterocycles. The summed E-state index contributed by atoms with van der Waals surface area (Å²) >= 11 is 0. The molecule has 3 aromatic carbocycles. The maximum absolute atomic E-state index is 12.4. The van der Waals surface area contributed by atoms with Crippen molar-refractivity contribution >= 4 is 23.0 Å². The second kappa shape index (κ2) is 8.01. The molecule has 6 nitrogen and oxygen atoms in total. The smallest absolute Gasteiger partial charge is 0.281 e. The summed E-state index contributed by atoms with van der Waals surface area (Å²) in [5.41, 5.74) is -2.56. The molecule has 7 heteroatoms. The third-order valence-electron chi connectivity index (χ3n) is 4.89. The van der Waals surface area contributed by atoms with Gasteiger partial charge in [-0.1, -0.05) is 91.0 Å². The highest BCUT2D eigenvalue weighted by Crippen LogP contribution is 2.46. The number of nitrogens with zero attached hydrogens (tertiary/aromatic N) is 3. The van der Waals surface area contributed by atoms with Crippen LogP contribution in [0.4, 0.5) is 0 Å². The monoisotopic (exact) mass is 415 g/mol. The molecule has 0 aliphatic carbocycles. The lowest BCUT2D eigenvalue weighted by Gasteiger charge is -2.24. The van der Waals surface area contributed by atoms with E-state index in [0.29, 0.717) is 0 Å². The van der Waals surface area contributed by atoms with E-state index in [1.165, 1.54) is 7.05 Å². The van der Waals surface area contributed by atoms with Crippen molar-refractivity contribution < 1.29 is 0 Å². The van der Waals surface area contributed by atoms with Crippen LogP contribution in [0.15, 0.2) is 115 Å². The van der Waals surface area contributed by atoms with Crippen molar-refractivity contribution in [3.63, 3.8) is 0 Å². The van der Waals surface area contributed by atoms with E-state index < -0.39 is 29.0 Å². The van der Waals surface area contributed by atoms with Crippen molar-refractivity contribution in [2.24, 2.45) is 17.0 Å². The summed E-state index contributed by atoms with van der Waals surface area (Å²) < 4.78 is 0.768. The van der Waals surface area contributed by atoms with Crippen molar-refractivity contribution in [3.8, 4) is 0 Å². The summed E-state index contributed by atoms with van der Waals surface area (Å²) in [7, 11) is -1.43. The fraction of sp³-hybridized carbons (Fsp3) is 0.0435. The van der Waals surface area contributed by atoms with Gasteiger partial charge in [0.25, 0.3) is 11.0 Å². The van der Waals surface area contributed by atoms with E-state index in [-0.39, 0.29) is 0 Å². The Balaban J connectivity index is 2.20. The Kier molecular flexibility index (Phi) is 5.25. The number of hydrogen-bond donors (Lipinski definition) is 0. The molecule has 0 spiro atoms. The van der Waals surface area contributed by atoms with Crippen LogP contribution in [0, 0.1) is 0 Å². The minimum absolute atomic E-state index is 0.449. The maximum Gasteiger partial charge on any atom is 0.303 e. The van der Waals surface area contributed by atoms with Gasteiger partial charge in [0.05, 0.1) is 7.05 Å². The Morgan fingerprint density at radius 1 is 0.633 bits per heavy atom. The van der Waals surface area contributed by atoms with Crippen LogP contribution in [0.5, 0.6) is 0 Å². The number of hydrogen-bond acceptors (Lipinski definition) is 4. The summed E-state index contributed by atoms with van der Waals surface area (Å²) in [6.07, 6.45) is 0. The standard InChI is InChI=1S/C23H18N3O3P/c1-26-22(28)20(21(27)23(26)29)24-25-30(17-11-5-2-6-12-17,18-13-7-3-8-14-18)19-15-9-4-10-16-19/h2-16H,1H3/b24-20-. The lowest BCUT2D eigenvalue weighted by molar-refractivity contribution is 0.839. The summed E-state index contributed by atoms with van der Waals surface area (Å²) in [5.74, 6) is 0. The van der Waals surface area contributed by atoms with Gasteiger partial charge in [0, 0.05) is 23.0 Å². The quantitative estimate of drug-likeness (QED) is 0.283. The van der Waals surface area contributed by atoms with E-state index in [9.17, 15) is 14.4 Å². The van der Waals surface area contributed by atoms with Crippen molar-refractivity contribution in [2.75, 3.05) is 0 Å². The van der Waals surface area contributed by atoms with Crippen LogP contribution in [0.2, 0.25) is 0 Å². The van der Waals surface area contributed by atoms with Gasteiger partial charge < -0.3 is 0 Å². The number of aromatic nitrogens is 1. The molecule has 0 atom stereocenters. The zero-order valence-corrected chi connectivity index (χ0v) is 17.1. The minimum Gasteiger partial charge on any atom is -0.281 e. The normalized spacial score (nSPS) is 12.1. The number of benzene rings is 3. The molecule has 0 bridgehead atoms. The Hall–Kier alpha value is -3.63. The Morgan fingerprint density at radius 2 is 1.03 bits per heavy atom. The average molecular weight is 415 g/mol. The predicted molar refractivity (Wildman–Crippen MR) is 120 cm³/mol. The Morgan fingerprint density at radius 3 is 1.37 bits per heavy atom. The van der Waals surface area contributed by atoms with Gasteiger partial charge in [-0.2, -0.15) is 4.85 Å². The van der Waals surface area contributed by atoms with Gasteiger partial charge in [-0.05, 0) is 0 Å². The minimum atomic E-state index is -2.69.